The molecule has 0 aromatic carbocycles. The van der Waals surface area contributed by atoms with Crippen molar-refractivity contribution < 1.29 is 9.47 Å². The van der Waals surface area contributed by atoms with Gasteiger partial charge in [0.05, 0.1) is 19.3 Å². The smallest absolute Gasteiger partial charge is 0.237 e. The van der Waals surface area contributed by atoms with Gasteiger partial charge >= 0.3 is 0 Å². The Bertz CT molecular complexity index is 359. The van der Waals surface area contributed by atoms with E-state index in [4.69, 9.17) is 15.2 Å². The fraction of sp³-hybridized carbons (Fsp3) is 0.636. The molecule has 1 fully saturated rings. The molecule has 0 spiro atoms. The topological polar surface area (TPSA) is 70.3 Å². The number of rotatable bonds is 3. The van der Waals surface area contributed by atoms with Gasteiger partial charge in [-0.2, -0.15) is 0 Å². The second-order valence-corrected chi connectivity index (χ2v) is 4.08. The average Bonchev–Trinajstić information content (AvgIpc) is 2.74. The fourth-order valence-corrected chi connectivity index (χ4v) is 2.05. The summed E-state index contributed by atoms with van der Waals surface area (Å²) in [7, 11) is 1.57. The zero-order valence-electron chi connectivity index (χ0n) is 9.59. The van der Waals surface area contributed by atoms with Crippen molar-refractivity contribution in [2.75, 3.05) is 13.7 Å². The number of hydrogen-bond acceptors (Lipinski definition) is 5. The first-order valence-electron chi connectivity index (χ1n) is 5.46. The third-order valence-electron chi connectivity index (χ3n) is 3.00. The molecule has 3 atom stereocenters. The van der Waals surface area contributed by atoms with E-state index in [0.29, 0.717) is 17.5 Å². The minimum Gasteiger partial charge on any atom is -0.480 e. The summed E-state index contributed by atoms with van der Waals surface area (Å²) in [4.78, 5) is 8.33. The second-order valence-electron chi connectivity index (χ2n) is 4.08. The third kappa shape index (κ3) is 2.01. The maximum Gasteiger partial charge on any atom is 0.237 e. The molecule has 0 saturated carbocycles. The lowest BCUT2D eigenvalue weighted by atomic mass is 9.96. The van der Waals surface area contributed by atoms with Crippen LogP contribution in [-0.2, 0) is 4.74 Å². The fourth-order valence-electron chi connectivity index (χ4n) is 2.05. The first kappa shape index (κ1) is 11.3. The van der Waals surface area contributed by atoms with Gasteiger partial charge in [0.2, 0.25) is 5.88 Å². The molecule has 2 N–H and O–H groups in total. The maximum absolute atomic E-state index is 6.16. The molecule has 1 saturated heterocycles. The highest BCUT2D eigenvalue weighted by Crippen LogP contribution is 2.31. The van der Waals surface area contributed by atoms with E-state index in [1.165, 1.54) is 0 Å². The Morgan fingerprint density at radius 2 is 2.25 bits per heavy atom. The molecule has 0 bridgehead atoms. The molecule has 5 nitrogen and oxygen atoms in total. The van der Waals surface area contributed by atoms with Crippen molar-refractivity contribution in [1.82, 2.24) is 9.97 Å². The minimum atomic E-state index is -0.277. The highest BCUT2D eigenvalue weighted by Gasteiger charge is 2.33. The minimum absolute atomic E-state index is 0.00519. The first-order valence-corrected chi connectivity index (χ1v) is 5.46. The molecule has 2 heterocycles. The average molecular weight is 223 g/mol. The number of ether oxygens (including phenoxy) is 2. The van der Waals surface area contributed by atoms with Crippen LogP contribution in [0.2, 0.25) is 0 Å². The molecule has 1 aliphatic rings. The van der Waals surface area contributed by atoms with Gasteiger partial charge in [-0.1, -0.05) is 6.92 Å². The van der Waals surface area contributed by atoms with Crippen LogP contribution in [0.5, 0.6) is 5.88 Å². The number of nitrogens with two attached hydrogens (primary N) is 1. The van der Waals surface area contributed by atoms with Crippen LogP contribution in [-0.4, -0.2) is 29.8 Å². The molecule has 16 heavy (non-hydrogen) atoms. The standard InChI is InChI=1S/C11H17N3O2/c1-7-3-6-16-10(7)8(12)9-11(15-2)14-5-4-13-9/h4-5,7-8,10H,3,6,12H2,1-2H3. The van der Waals surface area contributed by atoms with Crippen LogP contribution < -0.4 is 10.5 Å². The Balaban J connectivity index is 2.22. The third-order valence-corrected chi connectivity index (χ3v) is 3.00. The SMILES string of the molecule is COc1nccnc1C(N)C1OCCC1C. The van der Waals surface area contributed by atoms with Gasteiger partial charge in [-0.25, -0.2) is 4.98 Å². The summed E-state index contributed by atoms with van der Waals surface area (Å²) in [5.41, 5.74) is 6.83. The number of hydrogen-bond donors (Lipinski definition) is 1. The molecule has 5 heteroatoms. The van der Waals surface area contributed by atoms with Crippen LogP contribution >= 0.6 is 0 Å². The lowest BCUT2D eigenvalue weighted by Crippen LogP contribution is -2.31. The zero-order chi connectivity index (χ0) is 11.5. The van der Waals surface area contributed by atoms with E-state index in [9.17, 15) is 0 Å². The summed E-state index contributed by atoms with van der Waals surface area (Å²) in [6, 6.07) is -0.277. The van der Waals surface area contributed by atoms with E-state index < -0.39 is 0 Å². The van der Waals surface area contributed by atoms with Gasteiger partial charge in [0.1, 0.15) is 5.69 Å². The van der Waals surface area contributed by atoms with Crippen molar-refractivity contribution in [2.24, 2.45) is 11.7 Å². The van der Waals surface area contributed by atoms with Gasteiger partial charge in [-0.3, -0.25) is 4.98 Å². The van der Waals surface area contributed by atoms with Crippen LogP contribution in [0.3, 0.4) is 0 Å². The molecule has 2 rings (SSSR count). The molecule has 1 aromatic rings. The van der Waals surface area contributed by atoms with Crippen molar-refractivity contribution in [3.8, 4) is 5.88 Å². The van der Waals surface area contributed by atoms with E-state index in [0.717, 1.165) is 13.0 Å². The molecule has 0 aliphatic carbocycles. The van der Waals surface area contributed by atoms with Crippen molar-refractivity contribution in [2.45, 2.75) is 25.5 Å². The highest BCUT2D eigenvalue weighted by atomic mass is 16.5. The Kier molecular flexibility index (Phi) is 3.36. The van der Waals surface area contributed by atoms with Crippen molar-refractivity contribution in [3.05, 3.63) is 18.1 Å². The normalized spacial score (nSPS) is 26.7. The first-order chi connectivity index (χ1) is 7.74. The van der Waals surface area contributed by atoms with E-state index in [1.54, 1.807) is 19.5 Å². The molecule has 3 unspecified atom stereocenters. The van der Waals surface area contributed by atoms with E-state index in [1.807, 2.05) is 0 Å². The lowest BCUT2D eigenvalue weighted by Gasteiger charge is -2.22. The molecular formula is C11H17N3O2. The summed E-state index contributed by atoms with van der Waals surface area (Å²) in [5, 5.41) is 0. The molecule has 0 radical (unpaired) electrons. The molecule has 88 valence electrons. The number of methoxy groups -OCH3 is 1. The van der Waals surface area contributed by atoms with Crippen LogP contribution in [0.15, 0.2) is 12.4 Å². The largest absolute Gasteiger partial charge is 0.480 e. The summed E-state index contributed by atoms with van der Waals surface area (Å²) in [6.07, 6.45) is 4.26. The lowest BCUT2D eigenvalue weighted by molar-refractivity contribution is 0.0703. The van der Waals surface area contributed by atoms with E-state index in [-0.39, 0.29) is 12.1 Å². The monoisotopic (exact) mass is 223 g/mol. The van der Waals surface area contributed by atoms with Crippen LogP contribution in [0, 0.1) is 5.92 Å². The van der Waals surface area contributed by atoms with Gasteiger partial charge in [-0.05, 0) is 12.3 Å². The van der Waals surface area contributed by atoms with Crippen LogP contribution in [0.4, 0.5) is 0 Å². The van der Waals surface area contributed by atoms with Gasteiger partial charge < -0.3 is 15.2 Å². The second kappa shape index (κ2) is 4.76. The zero-order valence-corrected chi connectivity index (χ0v) is 9.59. The van der Waals surface area contributed by atoms with Gasteiger partial charge in [-0.15, -0.1) is 0 Å². The van der Waals surface area contributed by atoms with E-state index in [2.05, 4.69) is 16.9 Å². The number of nitrogens with zero attached hydrogens (tertiary/aromatic N) is 2. The summed E-state index contributed by atoms with van der Waals surface area (Å²) >= 11 is 0. The predicted molar refractivity (Wildman–Crippen MR) is 59.0 cm³/mol. The van der Waals surface area contributed by atoms with Crippen molar-refractivity contribution >= 4 is 0 Å². The van der Waals surface area contributed by atoms with Crippen LogP contribution in [0.25, 0.3) is 0 Å². The Morgan fingerprint density at radius 3 is 2.88 bits per heavy atom. The summed E-state index contributed by atoms with van der Waals surface area (Å²) in [5.74, 6) is 0.930. The highest BCUT2D eigenvalue weighted by molar-refractivity contribution is 5.22. The Hall–Kier alpha value is -1.20. The molecule has 1 aromatic heterocycles. The van der Waals surface area contributed by atoms with Gasteiger partial charge in [0.25, 0.3) is 0 Å². The molecule has 0 amide bonds. The van der Waals surface area contributed by atoms with Crippen LogP contribution in [0.1, 0.15) is 25.1 Å². The summed E-state index contributed by atoms with van der Waals surface area (Å²) < 4.78 is 10.8. The van der Waals surface area contributed by atoms with Crippen molar-refractivity contribution in [1.29, 1.82) is 0 Å². The molecular weight excluding hydrogens is 206 g/mol. The maximum atomic E-state index is 6.16. The Labute approximate surface area is 95.0 Å². The van der Waals surface area contributed by atoms with E-state index >= 15 is 0 Å². The van der Waals surface area contributed by atoms with Gasteiger partial charge in [0.15, 0.2) is 0 Å². The quantitative estimate of drug-likeness (QED) is 0.824. The predicted octanol–water partition coefficient (Wildman–Crippen LogP) is 0.910. The Morgan fingerprint density at radius 1 is 1.50 bits per heavy atom. The number of aromatic nitrogens is 2. The van der Waals surface area contributed by atoms with Crippen molar-refractivity contribution in [3.63, 3.8) is 0 Å². The van der Waals surface area contributed by atoms with Gasteiger partial charge in [0, 0.05) is 19.0 Å². The molecule has 1 aliphatic heterocycles. The summed E-state index contributed by atoms with van der Waals surface area (Å²) in [6.45, 7) is 2.91.